The number of anilines is 1. The number of halogens is 2. The van der Waals surface area contributed by atoms with Crippen LogP contribution in [0.1, 0.15) is 32.1 Å². The molecule has 88 valence electrons. The summed E-state index contributed by atoms with van der Waals surface area (Å²) in [6.07, 6.45) is 5.07. The summed E-state index contributed by atoms with van der Waals surface area (Å²) in [5.74, 6) is -2.16. The van der Waals surface area contributed by atoms with Crippen LogP contribution in [-0.4, -0.2) is 11.1 Å². The highest BCUT2D eigenvalue weighted by atomic mass is 19.1. The van der Waals surface area contributed by atoms with Crippen LogP contribution in [0, 0.1) is 11.6 Å². The number of hydrogen-bond acceptors (Lipinski definition) is 3. The Morgan fingerprint density at radius 3 is 2.56 bits per heavy atom. The first-order valence-corrected chi connectivity index (χ1v) is 5.45. The minimum Gasteiger partial charge on any atom is -0.472 e. The van der Waals surface area contributed by atoms with Gasteiger partial charge in [-0.15, -0.1) is 0 Å². The summed E-state index contributed by atoms with van der Waals surface area (Å²) in [7, 11) is 0. The lowest BCUT2D eigenvalue weighted by molar-refractivity contribution is 0.142. The average molecular weight is 228 g/mol. The summed E-state index contributed by atoms with van der Waals surface area (Å²) in [4.78, 5) is 3.57. The highest BCUT2D eigenvalue weighted by molar-refractivity contribution is 5.34. The van der Waals surface area contributed by atoms with Gasteiger partial charge < -0.3 is 10.5 Å². The molecule has 1 fully saturated rings. The first-order chi connectivity index (χ1) is 7.66. The third-order valence-corrected chi connectivity index (χ3v) is 2.75. The second-order valence-corrected chi connectivity index (χ2v) is 4.02. The maximum absolute atomic E-state index is 13.3. The molecule has 3 nitrogen and oxygen atoms in total. The van der Waals surface area contributed by atoms with E-state index in [2.05, 4.69) is 4.98 Å². The SMILES string of the molecule is Nc1nc(OC2CCCCC2)c(F)cc1F. The van der Waals surface area contributed by atoms with Crippen molar-refractivity contribution in [3.8, 4) is 5.88 Å². The molecule has 0 bridgehead atoms. The minimum absolute atomic E-state index is 0.0272. The monoisotopic (exact) mass is 228 g/mol. The average Bonchev–Trinajstić information content (AvgIpc) is 2.27. The molecule has 0 unspecified atom stereocenters. The molecule has 0 spiro atoms. The zero-order valence-corrected chi connectivity index (χ0v) is 8.88. The van der Waals surface area contributed by atoms with Crippen LogP contribution in [0.15, 0.2) is 6.07 Å². The van der Waals surface area contributed by atoms with Crippen molar-refractivity contribution in [3.63, 3.8) is 0 Å². The molecular formula is C11H14F2N2O. The molecule has 16 heavy (non-hydrogen) atoms. The predicted molar refractivity (Wildman–Crippen MR) is 56.1 cm³/mol. The van der Waals surface area contributed by atoms with Crippen molar-refractivity contribution < 1.29 is 13.5 Å². The van der Waals surface area contributed by atoms with Crippen LogP contribution in [0.3, 0.4) is 0 Å². The van der Waals surface area contributed by atoms with Crippen LogP contribution in [-0.2, 0) is 0 Å². The molecule has 1 aliphatic carbocycles. The van der Waals surface area contributed by atoms with E-state index in [0.717, 1.165) is 25.7 Å². The number of hydrogen-bond donors (Lipinski definition) is 1. The fraction of sp³-hybridized carbons (Fsp3) is 0.545. The Kier molecular flexibility index (Phi) is 3.22. The van der Waals surface area contributed by atoms with E-state index in [1.807, 2.05) is 0 Å². The van der Waals surface area contributed by atoms with Gasteiger partial charge in [-0.1, -0.05) is 6.42 Å². The Morgan fingerprint density at radius 2 is 1.88 bits per heavy atom. The quantitative estimate of drug-likeness (QED) is 0.846. The van der Waals surface area contributed by atoms with Crippen LogP contribution in [0.4, 0.5) is 14.6 Å². The van der Waals surface area contributed by atoms with Crippen molar-refractivity contribution in [2.45, 2.75) is 38.2 Å². The van der Waals surface area contributed by atoms with Crippen molar-refractivity contribution in [1.29, 1.82) is 0 Å². The number of aromatic nitrogens is 1. The summed E-state index contributed by atoms with van der Waals surface area (Å²) in [6.45, 7) is 0. The Hall–Kier alpha value is -1.39. The number of nitrogen functional groups attached to an aromatic ring is 1. The molecule has 0 atom stereocenters. The molecular weight excluding hydrogens is 214 g/mol. The van der Waals surface area contributed by atoms with Gasteiger partial charge in [-0.3, -0.25) is 0 Å². The zero-order chi connectivity index (χ0) is 11.5. The highest BCUT2D eigenvalue weighted by Gasteiger charge is 2.18. The van der Waals surface area contributed by atoms with Crippen LogP contribution < -0.4 is 10.5 Å². The van der Waals surface area contributed by atoms with Crippen LogP contribution in [0.25, 0.3) is 0 Å². The van der Waals surface area contributed by atoms with Gasteiger partial charge in [0.2, 0.25) is 0 Å². The lowest BCUT2D eigenvalue weighted by Gasteiger charge is -2.22. The molecule has 0 saturated heterocycles. The summed E-state index contributed by atoms with van der Waals surface area (Å²) in [6, 6.07) is 0.709. The van der Waals surface area contributed by atoms with Crippen LogP contribution >= 0.6 is 0 Å². The third kappa shape index (κ3) is 2.40. The fourth-order valence-electron chi connectivity index (χ4n) is 1.89. The van der Waals surface area contributed by atoms with E-state index in [0.29, 0.717) is 6.07 Å². The van der Waals surface area contributed by atoms with Gasteiger partial charge in [0.15, 0.2) is 17.5 Å². The summed E-state index contributed by atoms with van der Waals surface area (Å²) < 4.78 is 31.5. The molecule has 2 rings (SSSR count). The van der Waals surface area contributed by atoms with Gasteiger partial charge in [0, 0.05) is 6.07 Å². The number of nitrogens with zero attached hydrogens (tertiary/aromatic N) is 1. The molecule has 0 amide bonds. The Bertz CT molecular complexity index is 378. The Morgan fingerprint density at radius 1 is 1.19 bits per heavy atom. The van der Waals surface area contributed by atoms with Gasteiger partial charge in [-0.05, 0) is 25.7 Å². The number of pyridine rings is 1. The molecule has 1 aromatic heterocycles. The molecule has 2 N–H and O–H groups in total. The molecule has 0 aromatic carbocycles. The Labute approximate surface area is 92.6 Å². The zero-order valence-electron chi connectivity index (χ0n) is 8.88. The second kappa shape index (κ2) is 4.63. The van der Waals surface area contributed by atoms with Crippen LogP contribution in [0.2, 0.25) is 0 Å². The maximum atomic E-state index is 13.3. The molecule has 1 aliphatic rings. The summed E-state index contributed by atoms with van der Waals surface area (Å²) in [5.41, 5.74) is 5.26. The van der Waals surface area contributed by atoms with E-state index < -0.39 is 11.6 Å². The first-order valence-electron chi connectivity index (χ1n) is 5.45. The molecule has 1 aromatic rings. The Balaban J connectivity index is 2.11. The van der Waals surface area contributed by atoms with Crippen molar-refractivity contribution in [2.75, 3.05) is 5.73 Å². The number of nitrogens with two attached hydrogens (primary N) is 1. The van der Waals surface area contributed by atoms with Crippen molar-refractivity contribution in [1.82, 2.24) is 4.98 Å². The van der Waals surface area contributed by atoms with Crippen molar-refractivity contribution in [2.24, 2.45) is 0 Å². The van der Waals surface area contributed by atoms with E-state index in [1.54, 1.807) is 0 Å². The molecule has 5 heteroatoms. The normalized spacial score (nSPS) is 17.4. The smallest absolute Gasteiger partial charge is 0.252 e. The third-order valence-electron chi connectivity index (χ3n) is 2.75. The maximum Gasteiger partial charge on any atom is 0.252 e. The second-order valence-electron chi connectivity index (χ2n) is 4.02. The lowest BCUT2D eigenvalue weighted by Crippen LogP contribution is -2.21. The van der Waals surface area contributed by atoms with Gasteiger partial charge in [-0.25, -0.2) is 8.78 Å². The van der Waals surface area contributed by atoms with Crippen molar-refractivity contribution in [3.05, 3.63) is 17.7 Å². The largest absolute Gasteiger partial charge is 0.472 e. The van der Waals surface area contributed by atoms with Gasteiger partial charge in [0.1, 0.15) is 6.10 Å². The lowest BCUT2D eigenvalue weighted by atomic mass is 9.98. The van der Waals surface area contributed by atoms with E-state index in [9.17, 15) is 8.78 Å². The van der Waals surface area contributed by atoms with E-state index in [4.69, 9.17) is 10.5 Å². The van der Waals surface area contributed by atoms with Crippen molar-refractivity contribution >= 4 is 5.82 Å². The van der Waals surface area contributed by atoms with Gasteiger partial charge in [0.25, 0.3) is 5.88 Å². The van der Waals surface area contributed by atoms with Crippen LogP contribution in [0.5, 0.6) is 5.88 Å². The van der Waals surface area contributed by atoms with Gasteiger partial charge >= 0.3 is 0 Å². The van der Waals surface area contributed by atoms with E-state index >= 15 is 0 Å². The van der Waals surface area contributed by atoms with Gasteiger partial charge in [0.05, 0.1) is 0 Å². The molecule has 0 radical (unpaired) electrons. The summed E-state index contributed by atoms with van der Waals surface area (Å²) in [5, 5.41) is 0. The predicted octanol–water partition coefficient (Wildman–Crippen LogP) is 2.65. The highest BCUT2D eigenvalue weighted by Crippen LogP contribution is 2.25. The summed E-state index contributed by atoms with van der Waals surface area (Å²) >= 11 is 0. The molecule has 0 aliphatic heterocycles. The molecule has 1 heterocycles. The standard InChI is InChI=1S/C11H14F2N2O/c12-8-6-9(13)11(15-10(8)14)16-7-4-2-1-3-5-7/h6-7H,1-5H2,(H2,14,15). The number of rotatable bonds is 2. The van der Waals surface area contributed by atoms with E-state index in [-0.39, 0.29) is 17.8 Å². The molecule has 1 saturated carbocycles. The fourth-order valence-corrected chi connectivity index (χ4v) is 1.89. The van der Waals surface area contributed by atoms with E-state index in [1.165, 1.54) is 6.42 Å². The van der Waals surface area contributed by atoms with Gasteiger partial charge in [-0.2, -0.15) is 4.98 Å². The number of ether oxygens (including phenoxy) is 1. The first kappa shape index (κ1) is 11.1. The topological polar surface area (TPSA) is 48.1 Å². The minimum atomic E-state index is -0.853.